The number of fused-ring (bicyclic) bond motifs is 1. The molecule has 0 radical (unpaired) electrons. The molecule has 0 saturated carbocycles. The molecule has 6 nitrogen and oxygen atoms in total. The molecular weight excluding hydrogens is 462 g/mol. The molecule has 2 aromatic carbocycles. The lowest BCUT2D eigenvalue weighted by molar-refractivity contribution is -0.130. The van der Waals surface area contributed by atoms with E-state index in [1.54, 1.807) is 16.7 Å². The summed E-state index contributed by atoms with van der Waals surface area (Å²) in [5, 5.41) is 3.84. The first kappa shape index (κ1) is 28.2. The minimum atomic E-state index is -0.140. The zero-order valence-corrected chi connectivity index (χ0v) is 22.6. The van der Waals surface area contributed by atoms with Crippen LogP contribution in [0, 0.1) is 6.92 Å². The Bertz CT molecular complexity index is 1180. The quantitative estimate of drug-likeness (QED) is 0.260. The van der Waals surface area contributed by atoms with Crippen molar-refractivity contribution in [3.8, 4) is 0 Å². The summed E-state index contributed by atoms with van der Waals surface area (Å²) >= 11 is 0. The van der Waals surface area contributed by atoms with Crippen LogP contribution in [0.15, 0.2) is 54.6 Å². The Labute approximate surface area is 221 Å². The van der Waals surface area contributed by atoms with Crippen LogP contribution in [0.4, 0.5) is 0 Å². The van der Waals surface area contributed by atoms with Crippen LogP contribution in [0.25, 0.3) is 10.9 Å². The maximum atomic E-state index is 13.2. The first-order valence-electron chi connectivity index (χ1n) is 13.7. The third-order valence-corrected chi connectivity index (χ3v) is 6.94. The molecule has 0 fully saturated rings. The molecule has 0 spiro atoms. The Hall–Kier alpha value is -3.41. The van der Waals surface area contributed by atoms with Gasteiger partial charge in [0.2, 0.25) is 5.91 Å². The highest BCUT2D eigenvalue weighted by atomic mass is 16.2. The SMILES string of the molecule is CCCCN(C)C(=O)CCCCCCCCNC(=O)c1c(C)n(C(=O)c2ccccc2)c2ccccc12. The average molecular weight is 504 g/mol. The van der Waals surface area contributed by atoms with E-state index in [1.165, 1.54) is 0 Å². The standard InChI is InChI=1S/C31H41N3O3/c1-4-5-23-33(3)28(35)21-13-8-6-7-9-16-22-32-30(36)29-24(2)34(27-20-15-14-19-26(27)29)31(37)25-17-11-10-12-18-25/h10-12,14-15,17-20H,4-9,13,16,21-23H2,1-3H3,(H,32,36). The number of benzene rings is 2. The van der Waals surface area contributed by atoms with Crippen LogP contribution in [0.2, 0.25) is 0 Å². The minimum Gasteiger partial charge on any atom is -0.352 e. The molecule has 0 saturated heterocycles. The van der Waals surface area contributed by atoms with Crippen LogP contribution in [0.1, 0.15) is 91.1 Å². The highest BCUT2D eigenvalue weighted by molar-refractivity contribution is 6.13. The van der Waals surface area contributed by atoms with Crippen molar-refractivity contribution in [2.45, 2.75) is 71.6 Å². The van der Waals surface area contributed by atoms with Crippen molar-refractivity contribution in [1.82, 2.24) is 14.8 Å². The summed E-state index contributed by atoms with van der Waals surface area (Å²) in [4.78, 5) is 40.3. The predicted molar refractivity (Wildman–Crippen MR) is 150 cm³/mol. The van der Waals surface area contributed by atoms with Crippen molar-refractivity contribution in [3.05, 3.63) is 71.4 Å². The molecule has 1 aromatic heterocycles. The molecule has 0 atom stereocenters. The zero-order valence-electron chi connectivity index (χ0n) is 22.6. The number of amides is 2. The van der Waals surface area contributed by atoms with Crippen molar-refractivity contribution in [2.24, 2.45) is 0 Å². The fraction of sp³-hybridized carbons (Fsp3) is 0.452. The normalized spacial score (nSPS) is 11.0. The van der Waals surface area contributed by atoms with Gasteiger partial charge in [-0.05, 0) is 44.4 Å². The van der Waals surface area contributed by atoms with Gasteiger partial charge in [0.25, 0.3) is 11.8 Å². The molecule has 1 N–H and O–H groups in total. The molecule has 3 aromatic rings. The lowest BCUT2D eigenvalue weighted by atomic mass is 10.1. The molecule has 2 amide bonds. The number of aromatic nitrogens is 1. The summed E-state index contributed by atoms with van der Waals surface area (Å²) in [5.74, 6) is -0.0278. The lowest BCUT2D eigenvalue weighted by Crippen LogP contribution is -2.27. The van der Waals surface area contributed by atoms with Gasteiger partial charge in [-0.25, -0.2) is 0 Å². The molecule has 0 bridgehead atoms. The molecule has 0 aliphatic heterocycles. The van der Waals surface area contributed by atoms with Gasteiger partial charge in [-0.2, -0.15) is 0 Å². The second-order valence-corrected chi connectivity index (χ2v) is 9.78. The Morgan fingerprint density at radius 3 is 2.22 bits per heavy atom. The maximum absolute atomic E-state index is 13.2. The number of hydrogen-bond acceptors (Lipinski definition) is 3. The largest absolute Gasteiger partial charge is 0.352 e. The third kappa shape index (κ3) is 7.54. The molecular formula is C31H41N3O3. The summed E-state index contributed by atoms with van der Waals surface area (Å²) < 4.78 is 1.64. The summed E-state index contributed by atoms with van der Waals surface area (Å²) in [6, 6.07) is 16.7. The molecule has 3 rings (SSSR count). The highest BCUT2D eigenvalue weighted by Crippen LogP contribution is 2.27. The summed E-state index contributed by atoms with van der Waals surface area (Å²) in [6.45, 7) is 5.43. The van der Waals surface area contributed by atoms with E-state index in [0.29, 0.717) is 29.8 Å². The van der Waals surface area contributed by atoms with E-state index >= 15 is 0 Å². The fourth-order valence-electron chi connectivity index (χ4n) is 4.74. The molecule has 0 aliphatic rings. The van der Waals surface area contributed by atoms with Gasteiger partial charge in [0.05, 0.1) is 11.1 Å². The summed E-state index contributed by atoms with van der Waals surface area (Å²) in [5.41, 5.74) is 2.55. The minimum absolute atomic E-state index is 0.136. The van der Waals surface area contributed by atoms with Crippen molar-refractivity contribution < 1.29 is 14.4 Å². The zero-order chi connectivity index (χ0) is 26.6. The number of para-hydroxylation sites is 1. The number of nitrogens with one attached hydrogen (secondary N) is 1. The van der Waals surface area contributed by atoms with Crippen LogP contribution >= 0.6 is 0 Å². The Morgan fingerprint density at radius 2 is 1.49 bits per heavy atom. The van der Waals surface area contributed by atoms with E-state index < -0.39 is 0 Å². The molecule has 0 unspecified atom stereocenters. The molecule has 0 aliphatic carbocycles. The smallest absolute Gasteiger partial charge is 0.262 e. The Balaban J connectivity index is 1.45. The van der Waals surface area contributed by atoms with E-state index in [0.717, 1.165) is 68.8 Å². The van der Waals surface area contributed by atoms with Gasteiger partial charge in [0.1, 0.15) is 0 Å². The fourth-order valence-corrected chi connectivity index (χ4v) is 4.74. The molecule has 6 heteroatoms. The van der Waals surface area contributed by atoms with Crippen molar-refractivity contribution in [1.29, 1.82) is 0 Å². The van der Waals surface area contributed by atoms with E-state index in [4.69, 9.17) is 0 Å². The van der Waals surface area contributed by atoms with Gasteiger partial charge >= 0.3 is 0 Å². The van der Waals surface area contributed by atoms with Crippen molar-refractivity contribution in [3.63, 3.8) is 0 Å². The van der Waals surface area contributed by atoms with Gasteiger partial charge in [0, 0.05) is 43.2 Å². The van der Waals surface area contributed by atoms with Crippen LogP contribution in [-0.4, -0.2) is 47.3 Å². The van der Waals surface area contributed by atoms with Crippen LogP contribution < -0.4 is 5.32 Å². The topological polar surface area (TPSA) is 71.4 Å². The van der Waals surface area contributed by atoms with Crippen molar-refractivity contribution >= 4 is 28.6 Å². The third-order valence-electron chi connectivity index (χ3n) is 6.94. The van der Waals surface area contributed by atoms with Crippen LogP contribution in [-0.2, 0) is 4.79 Å². The summed E-state index contributed by atoms with van der Waals surface area (Å²) in [7, 11) is 1.90. The second kappa shape index (κ2) is 14.4. The lowest BCUT2D eigenvalue weighted by Gasteiger charge is -2.16. The van der Waals surface area contributed by atoms with E-state index in [9.17, 15) is 14.4 Å². The maximum Gasteiger partial charge on any atom is 0.262 e. The number of hydrogen-bond donors (Lipinski definition) is 1. The Morgan fingerprint density at radius 1 is 0.838 bits per heavy atom. The molecule has 1 heterocycles. The summed E-state index contributed by atoms with van der Waals surface area (Å²) in [6.07, 6.45) is 8.96. The number of rotatable bonds is 14. The van der Waals surface area contributed by atoms with Crippen LogP contribution in [0.3, 0.4) is 0 Å². The average Bonchev–Trinajstić information content (AvgIpc) is 3.22. The van der Waals surface area contributed by atoms with Gasteiger partial charge in [-0.15, -0.1) is 0 Å². The van der Waals surface area contributed by atoms with Crippen LogP contribution in [0.5, 0.6) is 0 Å². The van der Waals surface area contributed by atoms with E-state index in [2.05, 4.69) is 12.2 Å². The first-order valence-corrected chi connectivity index (χ1v) is 13.7. The number of unbranched alkanes of at least 4 members (excludes halogenated alkanes) is 6. The first-order chi connectivity index (χ1) is 18.0. The molecule has 37 heavy (non-hydrogen) atoms. The number of nitrogens with zero attached hydrogens (tertiary/aromatic N) is 2. The van der Waals surface area contributed by atoms with E-state index in [1.807, 2.05) is 61.3 Å². The number of carbonyl (C=O) groups excluding carboxylic acids is 3. The van der Waals surface area contributed by atoms with Gasteiger partial charge in [-0.1, -0.05) is 75.4 Å². The predicted octanol–water partition coefficient (Wildman–Crippen LogP) is 6.36. The second-order valence-electron chi connectivity index (χ2n) is 9.78. The highest BCUT2D eigenvalue weighted by Gasteiger charge is 2.23. The van der Waals surface area contributed by atoms with E-state index in [-0.39, 0.29) is 17.7 Å². The molecule has 198 valence electrons. The Kier molecular flexibility index (Phi) is 10.9. The van der Waals surface area contributed by atoms with Crippen molar-refractivity contribution in [2.75, 3.05) is 20.1 Å². The van der Waals surface area contributed by atoms with Gasteiger partial charge in [-0.3, -0.25) is 19.0 Å². The number of carbonyl (C=O) groups is 3. The monoisotopic (exact) mass is 503 g/mol. The van der Waals surface area contributed by atoms with Gasteiger partial charge < -0.3 is 10.2 Å². The van der Waals surface area contributed by atoms with Gasteiger partial charge in [0.15, 0.2) is 0 Å².